The van der Waals surface area contributed by atoms with E-state index >= 15 is 4.79 Å². The molecule has 0 bridgehead atoms. The second kappa shape index (κ2) is 16.3. The Balaban J connectivity index is 1.87. The molecular formula is C36H50F2N2O6. The highest BCUT2D eigenvalue weighted by molar-refractivity contribution is 5.89. The molecular weight excluding hydrogens is 594 g/mol. The van der Waals surface area contributed by atoms with Crippen molar-refractivity contribution in [3.8, 4) is 0 Å². The van der Waals surface area contributed by atoms with E-state index in [1.54, 1.807) is 17.0 Å². The summed E-state index contributed by atoms with van der Waals surface area (Å²) in [4.78, 5) is 31.7. The van der Waals surface area contributed by atoms with Crippen LogP contribution in [0, 0.1) is 23.5 Å². The van der Waals surface area contributed by atoms with Crippen LogP contribution >= 0.6 is 0 Å². The largest absolute Gasteiger partial charge is 0.388 e. The number of hydrogen-bond donors (Lipinski definition) is 2. The Morgan fingerprint density at radius 2 is 1.65 bits per heavy atom. The van der Waals surface area contributed by atoms with Crippen LogP contribution in [0.2, 0.25) is 0 Å². The fraction of sp³-hybridized carbons (Fsp3) is 0.611. The molecule has 46 heavy (non-hydrogen) atoms. The first-order valence-electron chi connectivity index (χ1n) is 16.5. The molecule has 10 heteroatoms. The predicted octanol–water partition coefficient (Wildman–Crippen LogP) is 5.01. The Bertz CT molecular complexity index is 1300. The van der Waals surface area contributed by atoms with Crippen molar-refractivity contribution in [1.82, 2.24) is 9.80 Å². The van der Waals surface area contributed by atoms with Gasteiger partial charge in [0.15, 0.2) is 0 Å². The molecule has 5 atom stereocenters. The van der Waals surface area contributed by atoms with E-state index in [0.29, 0.717) is 43.4 Å². The standard InChI is InChI=1S/C36H50F2N2O6/c1-24(2)30-21-39(25(3)41)22-32(45-4)34(43)31(42)23-46-18-8-7-17-40(33(30)26-11-9-13-28(37)19-26)35(44)36(15-5-6-16-36)27-12-10-14-29(38)20-27/h9-14,19-20,24,30-34,42-43H,5-8,15-18,21-23H2,1-4H3/t30-,31-,32-,33-,34-/m1/s1. The van der Waals surface area contributed by atoms with Gasteiger partial charge in [0, 0.05) is 46.2 Å². The van der Waals surface area contributed by atoms with Gasteiger partial charge in [-0.25, -0.2) is 8.78 Å². The summed E-state index contributed by atoms with van der Waals surface area (Å²) >= 11 is 0. The average Bonchev–Trinajstić information content (AvgIpc) is 3.53. The molecule has 1 saturated carbocycles. The number of benzene rings is 2. The van der Waals surface area contributed by atoms with Crippen LogP contribution in [-0.4, -0.2) is 90.1 Å². The first kappa shape index (κ1) is 35.9. The molecule has 1 heterocycles. The number of aliphatic hydroxyl groups is 2. The highest BCUT2D eigenvalue weighted by Gasteiger charge is 2.48. The summed E-state index contributed by atoms with van der Waals surface area (Å²) in [5.74, 6) is -1.66. The Hall–Kier alpha value is -2.92. The molecule has 2 amide bonds. The molecule has 0 radical (unpaired) electrons. The summed E-state index contributed by atoms with van der Waals surface area (Å²) in [6.45, 7) is 6.14. The van der Waals surface area contributed by atoms with Crippen LogP contribution < -0.4 is 0 Å². The van der Waals surface area contributed by atoms with Crippen LogP contribution in [0.3, 0.4) is 0 Å². The molecule has 2 N–H and O–H groups in total. The molecule has 1 saturated heterocycles. The van der Waals surface area contributed by atoms with Crippen LogP contribution in [-0.2, 0) is 24.5 Å². The van der Waals surface area contributed by atoms with E-state index in [4.69, 9.17) is 9.47 Å². The van der Waals surface area contributed by atoms with Gasteiger partial charge in [-0.05, 0) is 67.0 Å². The normalized spacial score (nSPS) is 26.8. The topological polar surface area (TPSA) is 99.5 Å². The average molecular weight is 645 g/mol. The lowest BCUT2D eigenvalue weighted by atomic mass is 9.75. The second-order valence-corrected chi connectivity index (χ2v) is 13.2. The van der Waals surface area contributed by atoms with E-state index in [0.717, 1.165) is 12.8 Å². The van der Waals surface area contributed by atoms with Crippen LogP contribution in [0.25, 0.3) is 0 Å². The molecule has 0 aromatic heterocycles. The lowest BCUT2D eigenvalue weighted by molar-refractivity contribution is -0.143. The van der Waals surface area contributed by atoms with Crippen molar-refractivity contribution in [3.63, 3.8) is 0 Å². The van der Waals surface area contributed by atoms with E-state index < -0.39 is 41.4 Å². The zero-order valence-electron chi connectivity index (χ0n) is 27.5. The summed E-state index contributed by atoms with van der Waals surface area (Å²) in [6.07, 6.45) is 0.472. The van der Waals surface area contributed by atoms with E-state index in [2.05, 4.69) is 0 Å². The summed E-state index contributed by atoms with van der Waals surface area (Å²) in [5.41, 5.74) is 0.316. The minimum atomic E-state index is -1.31. The van der Waals surface area contributed by atoms with Crippen molar-refractivity contribution < 1.29 is 38.1 Å². The summed E-state index contributed by atoms with van der Waals surface area (Å²) in [6, 6.07) is 12.0. The highest BCUT2D eigenvalue weighted by atomic mass is 19.1. The third-order valence-electron chi connectivity index (χ3n) is 9.87. The van der Waals surface area contributed by atoms with Gasteiger partial charge in [0.05, 0.1) is 18.1 Å². The fourth-order valence-corrected chi connectivity index (χ4v) is 7.22. The Labute approximate surface area is 271 Å². The summed E-state index contributed by atoms with van der Waals surface area (Å²) in [5, 5.41) is 21.6. The zero-order chi connectivity index (χ0) is 33.4. The number of methoxy groups -OCH3 is 1. The van der Waals surface area contributed by atoms with Gasteiger partial charge in [0.2, 0.25) is 11.8 Å². The molecule has 2 fully saturated rings. The molecule has 2 aliphatic rings. The number of halogens is 2. The second-order valence-electron chi connectivity index (χ2n) is 13.2. The van der Waals surface area contributed by atoms with Crippen molar-refractivity contribution in [1.29, 1.82) is 0 Å². The van der Waals surface area contributed by atoms with Crippen molar-refractivity contribution in [2.45, 2.75) is 89.1 Å². The molecule has 8 nitrogen and oxygen atoms in total. The van der Waals surface area contributed by atoms with Crippen LogP contribution in [0.1, 0.15) is 76.5 Å². The predicted molar refractivity (Wildman–Crippen MR) is 171 cm³/mol. The van der Waals surface area contributed by atoms with E-state index in [1.807, 2.05) is 30.9 Å². The van der Waals surface area contributed by atoms with Gasteiger partial charge < -0.3 is 29.5 Å². The van der Waals surface area contributed by atoms with E-state index in [1.165, 1.54) is 38.3 Å². The van der Waals surface area contributed by atoms with Gasteiger partial charge in [0.1, 0.15) is 29.9 Å². The lowest BCUT2D eigenvalue weighted by Crippen LogP contribution is -2.53. The van der Waals surface area contributed by atoms with Gasteiger partial charge in [-0.15, -0.1) is 0 Å². The van der Waals surface area contributed by atoms with Crippen LogP contribution in [0.4, 0.5) is 8.78 Å². The molecule has 1 aliphatic carbocycles. The molecule has 254 valence electrons. The number of hydrogen-bond acceptors (Lipinski definition) is 6. The summed E-state index contributed by atoms with van der Waals surface area (Å²) in [7, 11) is 1.41. The number of aliphatic hydroxyl groups excluding tert-OH is 2. The van der Waals surface area contributed by atoms with Gasteiger partial charge >= 0.3 is 0 Å². The molecule has 0 unspecified atom stereocenters. The minimum Gasteiger partial charge on any atom is -0.388 e. The maximum Gasteiger partial charge on any atom is 0.233 e. The maximum atomic E-state index is 15.2. The monoisotopic (exact) mass is 644 g/mol. The number of rotatable bonds is 5. The first-order chi connectivity index (χ1) is 22.0. The third-order valence-corrected chi connectivity index (χ3v) is 9.87. The van der Waals surface area contributed by atoms with Crippen LogP contribution in [0.15, 0.2) is 48.5 Å². The van der Waals surface area contributed by atoms with E-state index in [9.17, 15) is 23.8 Å². The smallest absolute Gasteiger partial charge is 0.233 e. The fourth-order valence-electron chi connectivity index (χ4n) is 7.22. The van der Waals surface area contributed by atoms with Crippen molar-refractivity contribution in [3.05, 3.63) is 71.3 Å². The van der Waals surface area contributed by atoms with Gasteiger partial charge in [0.25, 0.3) is 0 Å². The Morgan fingerprint density at radius 1 is 0.978 bits per heavy atom. The molecule has 2 aromatic rings. The number of amides is 2. The highest BCUT2D eigenvalue weighted by Crippen LogP contribution is 2.46. The third kappa shape index (κ3) is 8.32. The Morgan fingerprint density at radius 3 is 2.26 bits per heavy atom. The Kier molecular flexibility index (Phi) is 12.7. The quantitative estimate of drug-likeness (QED) is 0.475. The number of carbonyl (C=O) groups excluding carboxylic acids is 2. The van der Waals surface area contributed by atoms with Gasteiger partial charge in [-0.1, -0.05) is 51.0 Å². The van der Waals surface area contributed by atoms with Crippen molar-refractivity contribution in [2.75, 3.05) is 40.0 Å². The minimum absolute atomic E-state index is 0.00960. The van der Waals surface area contributed by atoms with E-state index in [-0.39, 0.29) is 50.0 Å². The SMILES string of the molecule is CO[C@@H]1CN(C(C)=O)C[C@H](C(C)C)[C@@H](c2cccc(F)c2)N(C(=O)C2(c3cccc(F)c3)CCCC2)CCCCOC[C@@H](O)[C@H]1O. The molecule has 0 spiro atoms. The maximum absolute atomic E-state index is 15.2. The molecule has 4 rings (SSSR count). The lowest BCUT2D eigenvalue weighted by Gasteiger charge is -2.45. The summed E-state index contributed by atoms with van der Waals surface area (Å²) < 4.78 is 40.8. The molecule has 1 aliphatic heterocycles. The number of ether oxygens (including phenoxy) is 2. The first-order valence-corrected chi connectivity index (χ1v) is 16.5. The van der Waals surface area contributed by atoms with Crippen molar-refractivity contribution in [2.24, 2.45) is 11.8 Å². The van der Waals surface area contributed by atoms with Gasteiger partial charge in [-0.2, -0.15) is 0 Å². The zero-order valence-corrected chi connectivity index (χ0v) is 27.5. The molecule has 2 aromatic carbocycles. The number of nitrogens with zero attached hydrogens (tertiary/aromatic N) is 2. The number of carbonyl (C=O) groups is 2. The van der Waals surface area contributed by atoms with Crippen molar-refractivity contribution >= 4 is 11.8 Å². The van der Waals surface area contributed by atoms with Crippen LogP contribution in [0.5, 0.6) is 0 Å². The van der Waals surface area contributed by atoms with Gasteiger partial charge in [-0.3, -0.25) is 9.59 Å².